The van der Waals surface area contributed by atoms with Crippen LogP contribution >= 0.6 is 0 Å². The predicted octanol–water partition coefficient (Wildman–Crippen LogP) is 2.76. The fourth-order valence-electron chi connectivity index (χ4n) is 1.95. The van der Waals surface area contributed by atoms with E-state index in [-0.39, 0.29) is 16.9 Å². The lowest BCUT2D eigenvalue weighted by atomic mass is 9.96. The van der Waals surface area contributed by atoms with Crippen molar-refractivity contribution in [2.24, 2.45) is 0 Å². The number of methoxy groups -OCH3 is 1. The third-order valence-electron chi connectivity index (χ3n) is 2.89. The first-order chi connectivity index (χ1) is 9.54. The van der Waals surface area contributed by atoms with Crippen molar-refractivity contribution in [3.8, 4) is 16.9 Å². The van der Waals surface area contributed by atoms with Gasteiger partial charge in [0.1, 0.15) is 11.3 Å². The molecule has 0 aliphatic carbocycles. The normalized spacial score (nSPS) is 10.1. The highest BCUT2D eigenvalue weighted by Crippen LogP contribution is 2.31. The molecule has 5 heteroatoms. The number of benzene rings is 2. The maximum absolute atomic E-state index is 11.3. The predicted molar refractivity (Wildman–Crippen MR) is 72.3 cm³/mol. The Morgan fingerprint density at radius 2 is 1.55 bits per heavy atom. The molecule has 0 spiro atoms. The van der Waals surface area contributed by atoms with Crippen LogP contribution in [-0.2, 0) is 0 Å². The summed E-state index contributed by atoms with van der Waals surface area (Å²) in [4.78, 5) is 22.5. The first-order valence-electron chi connectivity index (χ1n) is 5.78. The highest BCUT2D eigenvalue weighted by Gasteiger charge is 2.20. The second-order valence-corrected chi connectivity index (χ2v) is 4.07. The number of hydrogen-bond donors (Lipinski definition) is 2. The lowest BCUT2D eigenvalue weighted by Gasteiger charge is -2.11. The van der Waals surface area contributed by atoms with Gasteiger partial charge in [-0.05, 0) is 23.3 Å². The molecule has 0 aliphatic heterocycles. The van der Waals surface area contributed by atoms with Crippen LogP contribution in [0.2, 0.25) is 0 Å². The minimum Gasteiger partial charge on any atom is -0.496 e. The van der Waals surface area contributed by atoms with Crippen LogP contribution in [-0.4, -0.2) is 29.3 Å². The molecule has 0 radical (unpaired) electrons. The maximum Gasteiger partial charge on any atom is 0.339 e. The second kappa shape index (κ2) is 5.44. The fourth-order valence-corrected chi connectivity index (χ4v) is 1.95. The van der Waals surface area contributed by atoms with E-state index in [0.717, 1.165) is 6.07 Å². The van der Waals surface area contributed by atoms with Gasteiger partial charge in [0, 0.05) is 0 Å². The summed E-state index contributed by atoms with van der Waals surface area (Å²) in [5.74, 6) is -2.29. The zero-order valence-electron chi connectivity index (χ0n) is 10.7. The zero-order valence-corrected chi connectivity index (χ0v) is 10.7. The molecule has 0 heterocycles. The van der Waals surface area contributed by atoms with E-state index < -0.39 is 11.9 Å². The van der Waals surface area contributed by atoms with Gasteiger partial charge in [-0.1, -0.05) is 30.3 Å². The van der Waals surface area contributed by atoms with E-state index in [1.807, 2.05) is 6.07 Å². The van der Waals surface area contributed by atoms with Crippen molar-refractivity contribution in [1.29, 1.82) is 0 Å². The van der Waals surface area contributed by atoms with Gasteiger partial charge >= 0.3 is 11.9 Å². The summed E-state index contributed by atoms with van der Waals surface area (Å²) in [6.07, 6.45) is 0. The number of hydrogen-bond acceptors (Lipinski definition) is 3. The number of carboxylic acid groups (broad SMARTS) is 2. The Morgan fingerprint density at radius 1 is 0.950 bits per heavy atom. The standard InChI is InChI=1S/C15H12O5/c1-20-13-8-10(9-5-3-2-4-6-9)11(14(16)17)7-12(13)15(18)19/h2-8H,1H3,(H,16,17)(H,18,19). The molecule has 0 unspecified atom stereocenters. The van der Waals surface area contributed by atoms with Gasteiger partial charge in [-0.25, -0.2) is 9.59 Å². The molecule has 2 N–H and O–H groups in total. The smallest absolute Gasteiger partial charge is 0.339 e. The Kier molecular flexibility index (Phi) is 3.70. The van der Waals surface area contributed by atoms with Gasteiger partial charge in [0.2, 0.25) is 0 Å². The van der Waals surface area contributed by atoms with Crippen molar-refractivity contribution in [1.82, 2.24) is 0 Å². The van der Waals surface area contributed by atoms with Gasteiger partial charge in [-0.3, -0.25) is 0 Å². The van der Waals surface area contributed by atoms with Crippen LogP contribution in [0.5, 0.6) is 5.75 Å². The van der Waals surface area contributed by atoms with E-state index in [4.69, 9.17) is 9.84 Å². The van der Waals surface area contributed by atoms with Crippen molar-refractivity contribution in [3.05, 3.63) is 53.6 Å². The maximum atomic E-state index is 11.3. The molecule has 0 bridgehead atoms. The topological polar surface area (TPSA) is 83.8 Å². The zero-order chi connectivity index (χ0) is 14.7. The van der Waals surface area contributed by atoms with E-state index in [9.17, 15) is 14.7 Å². The fraction of sp³-hybridized carbons (Fsp3) is 0.0667. The van der Waals surface area contributed by atoms with Crippen LogP contribution in [0, 0.1) is 0 Å². The van der Waals surface area contributed by atoms with Crippen LogP contribution in [0.3, 0.4) is 0 Å². The van der Waals surface area contributed by atoms with Crippen molar-refractivity contribution in [2.75, 3.05) is 7.11 Å². The highest BCUT2D eigenvalue weighted by molar-refractivity contribution is 6.01. The molecular formula is C15H12O5. The molecule has 2 aromatic rings. The third-order valence-corrected chi connectivity index (χ3v) is 2.89. The van der Waals surface area contributed by atoms with Crippen molar-refractivity contribution >= 4 is 11.9 Å². The Balaban J connectivity index is 2.73. The summed E-state index contributed by atoms with van der Waals surface area (Å²) in [6, 6.07) is 11.4. The largest absolute Gasteiger partial charge is 0.496 e. The lowest BCUT2D eigenvalue weighted by molar-refractivity contribution is 0.0693. The molecule has 20 heavy (non-hydrogen) atoms. The summed E-state index contributed by atoms with van der Waals surface area (Å²) in [6.45, 7) is 0. The number of aromatic carboxylic acids is 2. The number of ether oxygens (including phenoxy) is 1. The van der Waals surface area contributed by atoms with Crippen molar-refractivity contribution in [3.63, 3.8) is 0 Å². The van der Waals surface area contributed by atoms with Gasteiger partial charge in [0.05, 0.1) is 12.7 Å². The SMILES string of the molecule is COc1cc(-c2ccccc2)c(C(=O)O)cc1C(=O)O. The molecule has 0 saturated heterocycles. The van der Waals surface area contributed by atoms with Crippen LogP contribution < -0.4 is 4.74 Å². The molecular weight excluding hydrogens is 260 g/mol. The molecule has 102 valence electrons. The summed E-state index contributed by atoms with van der Waals surface area (Å²) >= 11 is 0. The number of rotatable bonds is 4. The lowest BCUT2D eigenvalue weighted by Crippen LogP contribution is -2.07. The van der Waals surface area contributed by atoms with Crippen LogP contribution in [0.1, 0.15) is 20.7 Å². The van der Waals surface area contributed by atoms with E-state index in [0.29, 0.717) is 11.1 Å². The summed E-state index contributed by atoms with van der Waals surface area (Å²) in [7, 11) is 1.34. The van der Waals surface area contributed by atoms with E-state index in [2.05, 4.69) is 0 Å². The quantitative estimate of drug-likeness (QED) is 0.894. The Labute approximate surface area is 115 Å². The van der Waals surface area contributed by atoms with Crippen LogP contribution in [0.15, 0.2) is 42.5 Å². The van der Waals surface area contributed by atoms with Crippen LogP contribution in [0.25, 0.3) is 11.1 Å². The molecule has 5 nitrogen and oxygen atoms in total. The van der Waals surface area contributed by atoms with Gasteiger partial charge in [-0.15, -0.1) is 0 Å². The molecule has 0 aliphatic rings. The first-order valence-corrected chi connectivity index (χ1v) is 5.78. The average molecular weight is 272 g/mol. The van der Waals surface area contributed by atoms with Crippen molar-refractivity contribution in [2.45, 2.75) is 0 Å². The molecule has 0 aromatic heterocycles. The van der Waals surface area contributed by atoms with E-state index in [1.54, 1.807) is 24.3 Å². The Bertz CT molecular complexity index is 661. The Hall–Kier alpha value is -2.82. The number of carbonyl (C=O) groups is 2. The minimum absolute atomic E-state index is 0.0746. The van der Waals surface area contributed by atoms with E-state index >= 15 is 0 Å². The van der Waals surface area contributed by atoms with E-state index in [1.165, 1.54) is 13.2 Å². The monoisotopic (exact) mass is 272 g/mol. The van der Waals surface area contributed by atoms with Gasteiger partial charge in [0.15, 0.2) is 0 Å². The summed E-state index contributed by atoms with van der Waals surface area (Å²) in [5.41, 5.74) is 0.846. The average Bonchev–Trinajstić information content (AvgIpc) is 2.46. The number of carboxylic acids is 2. The van der Waals surface area contributed by atoms with Gasteiger partial charge in [0.25, 0.3) is 0 Å². The summed E-state index contributed by atoms with van der Waals surface area (Å²) in [5, 5.41) is 18.4. The van der Waals surface area contributed by atoms with Gasteiger partial charge < -0.3 is 14.9 Å². The molecule has 0 amide bonds. The second-order valence-electron chi connectivity index (χ2n) is 4.07. The summed E-state index contributed by atoms with van der Waals surface area (Å²) < 4.78 is 5.03. The van der Waals surface area contributed by atoms with Gasteiger partial charge in [-0.2, -0.15) is 0 Å². The molecule has 0 fully saturated rings. The van der Waals surface area contributed by atoms with Crippen molar-refractivity contribution < 1.29 is 24.5 Å². The molecule has 2 rings (SSSR count). The highest BCUT2D eigenvalue weighted by atomic mass is 16.5. The molecule has 0 atom stereocenters. The molecule has 2 aromatic carbocycles. The molecule has 0 saturated carbocycles. The third kappa shape index (κ3) is 2.47. The Morgan fingerprint density at radius 3 is 2.05 bits per heavy atom. The first kappa shape index (κ1) is 13.6. The van der Waals surface area contributed by atoms with Crippen LogP contribution in [0.4, 0.5) is 0 Å². The minimum atomic E-state index is -1.23.